The van der Waals surface area contributed by atoms with E-state index in [-0.39, 0.29) is 11.4 Å². The van der Waals surface area contributed by atoms with Crippen LogP contribution in [0.25, 0.3) is 0 Å². The van der Waals surface area contributed by atoms with Crippen LogP contribution in [0.4, 0.5) is 0 Å². The van der Waals surface area contributed by atoms with Crippen LogP contribution in [0, 0.1) is 0 Å². The Hall–Kier alpha value is -2.24. The van der Waals surface area contributed by atoms with Gasteiger partial charge in [0, 0.05) is 26.1 Å². The third kappa shape index (κ3) is 7.13. The Kier molecular flexibility index (Phi) is 9.26. The summed E-state index contributed by atoms with van der Waals surface area (Å²) in [7, 11) is -2.46. The normalized spacial score (nSPS) is 11.7. The monoisotopic (exact) mass is 627 g/mol. The van der Waals surface area contributed by atoms with Crippen molar-refractivity contribution in [1.29, 1.82) is 0 Å². The lowest BCUT2D eigenvalue weighted by Gasteiger charge is -2.21. The summed E-state index contributed by atoms with van der Waals surface area (Å²) < 4.78 is 34.6. The SMILES string of the molecule is COc1ccc(Br)cc1/C=N\NC(=O)CN(Cc1ccc(Br)cc1)S(=O)(=O)c1ccc(Cl)cc1. The van der Waals surface area contributed by atoms with Gasteiger partial charge >= 0.3 is 0 Å². The zero-order valence-electron chi connectivity index (χ0n) is 17.9. The fourth-order valence-corrected chi connectivity index (χ4v) is 5.10. The summed E-state index contributed by atoms with van der Waals surface area (Å²) in [6.07, 6.45) is 1.42. The van der Waals surface area contributed by atoms with Crippen LogP contribution in [0.15, 0.2) is 85.7 Å². The van der Waals surface area contributed by atoms with E-state index in [0.29, 0.717) is 16.3 Å². The highest BCUT2D eigenvalue weighted by atomic mass is 79.9. The quantitative estimate of drug-likeness (QED) is 0.260. The number of methoxy groups -OCH3 is 1. The molecule has 0 aliphatic carbocycles. The van der Waals surface area contributed by atoms with E-state index in [0.717, 1.165) is 18.8 Å². The number of carbonyl (C=O) groups is 1. The highest BCUT2D eigenvalue weighted by Gasteiger charge is 2.27. The molecule has 0 bridgehead atoms. The molecule has 1 N–H and O–H groups in total. The lowest BCUT2D eigenvalue weighted by molar-refractivity contribution is -0.121. The van der Waals surface area contributed by atoms with Crippen molar-refractivity contribution in [2.24, 2.45) is 5.10 Å². The Bertz CT molecular complexity index is 1280. The van der Waals surface area contributed by atoms with Crippen molar-refractivity contribution in [3.8, 4) is 5.75 Å². The topological polar surface area (TPSA) is 88.1 Å². The molecule has 0 aromatic heterocycles. The van der Waals surface area contributed by atoms with Crippen molar-refractivity contribution in [1.82, 2.24) is 9.73 Å². The van der Waals surface area contributed by atoms with Gasteiger partial charge in [-0.05, 0) is 60.2 Å². The summed E-state index contributed by atoms with van der Waals surface area (Å²) in [5.74, 6) is -0.0248. The smallest absolute Gasteiger partial charge is 0.255 e. The first kappa shape index (κ1) is 26.4. The fraction of sp³-hybridized carbons (Fsp3) is 0.130. The van der Waals surface area contributed by atoms with Crippen molar-refractivity contribution in [2.45, 2.75) is 11.4 Å². The zero-order chi connectivity index (χ0) is 24.7. The van der Waals surface area contributed by atoms with Crippen LogP contribution in [0.1, 0.15) is 11.1 Å². The number of amides is 1. The number of halogens is 3. The van der Waals surface area contributed by atoms with Crippen LogP contribution in [0.2, 0.25) is 5.02 Å². The molecule has 0 atom stereocenters. The Balaban J connectivity index is 1.80. The van der Waals surface area contributed by atoms with E-state index in [1.807, 2.05) is 6.07 Å². The van der Waals surface area contributed by atoms with E-state index in [1.54, 1.807) is 36.4 Å². The van der Waals surface area contributed by atoms with Crippen LogP contribution in [-0.4, -0.2) is 38.5 Å². The van der Waals surface area contributed by atoms with E-state index in [4.69, 9.17) is 16.3 Å². The van der Waals surface area contributed by atoms with E-state index in [2.05, 4.69) is 42.4 Å². The molecule has 0 unspecified atom stereocenters. The first-order valence-corrected chi connectivity index (χ1v) is 13.2. The number of hydrogen-bond donors (Lipinski definition) is 1. The van der Waals surface area contributed by atoms with Gasteiger partial charge < -0.3 is 4.74 Å². The second kappa shape index (κ2) is 11.9. The number of carbonyl (C=O) groups excluding carboxylic acids is 1. The molecule has 0 saturated heterocycles. The molecule has 1 amide bonds. The molecule has 3 aromatic rings. The number of nitrogens with one attached hydrogen (secondary N) is 1. The maximum absolute atomic E-state index is 13.3. The van der Waals surface area contributed by atoms with Gasteiger partial charge in [-0.3, -0.25) is 4.79 Å². The van der Waals surface area contributed by atoms with E-state index in [9.17, 15) is 13.2 Å². The van der Waals surface area contributed by atoms with Gasteiger partial charge in [0.25, 0.3) is 5.91 Å². The van der Waals surface area contributed by atoms with Gasteiger partial charge in [0.1, 0.15) is 5.75 Å². The van der Waals surface area contributed by atoms with Crippen molar-refractivity contribution in [3.63, 3.8) is 0 Å². The number of sulfonamides is 1. The molecular weight excluding hydrogens is 610 g/mol. The summed E-state index contributed by atoms with van der Waals surface area (Å²) in [5.41, 5.74) is 3.74. The van der Waals surface area contributed by atoms with Gasteiger partial charge in [-0.15, -0.1) is 0 Å². The number of hydrogen-bond acceptors (Lipinski definition) is 5. The molecule has 0 aliphatic heterocycles. The van der Waals surface area contributed by atoms with Crippen molar-refractivity contribution in [3.05, 3.63) is 91.8 Å². The van der Waals surface area contributed by atoms with Crippen molar-refractivity contribution < 1.29 is 17.9 Å². The molecule has 0 fully saturated rings. The van der Waals surface area contributed by atoms with Crippen LogP contribution >= 0.6 is 43.5 Å². The highest BCUT2D eigenvalue weighted by molar-refractivity contribution is 9.10. The van der Waals surface area contributed by atoms with Crippen molar-refractivity contribution in [2.75, 3.05) is 13.7 Å². The largest absolute Gasteiger partial charge is 0.496 e. The molecule has 0 aliphatic rings. The maximum atomic E-state index is 13.3. The second-order valence-corrected chi connectivity index (χ2v) is 11.2. The third-order valence-corrected chi connectivity index (χ3v) is 7.71. The summed E-state index contributed by atoms with van der Waals surface area (Å²) in [6, 6.07) is 18.3. The minimum absolute atomic E-state index is 0.00513. The molecule has 3 aromatic carbocycles. The number of rotatable bonds is 9. The summed E-state index contributed by atoms with van der Waals surface area (Å²) in [6.45, 7) is -0.442. The molecular formula is C23H20Br2ClN3O4S. The second-order valence-electron chi connectivity index (χ2n) is 7.03. The average molecular weight is 630 g/mol. The van der Waals surface area contributed by atoms with Crippen LogP contribution in [0.3, 0.4) is 0 Å². The molecule has 0 saturated carbocycles. The van der Waals surface area contributed by atoms with E-state index in [1.165, 1.54) is 37.6 Å². The van der Waals surface area contributed by atoms with Crippen molar-refractivity contribution >= 4 is 65.6 Å². The summed E-state index contributed by atoms with van der Waals surface area (Å²) >= 11 is 12.6. The molecule has 0 spiro atoms. The summed E-state index contributed by atoms with van der Waals surface area (Å²) in [5, 5.41) is 4.37. The van der Waals surface area contributed by atoms with Gasteiger partial charge in [-0.1, -0.05) is 55.6 Å². The van der Waals surface area contributed by atoms with Crippen LogP contribution in [-0.2, 0) is 21.4 Å². The predicted molar refractivity (Wildman–Crippen MR) is 140 cm³/mol. The Morgan fingerprint density at radius 1 is 1.06 bits per heavy atom. The van der Waals surface area contributed by atoms with Gasteiger partial charge in [0.15, 0.2) is 0 Å². The number of nitrogens with zero attached hydrogens (tertiary/aromatic N) is 2. The molecule has 11 heteroatoms. The molecule has 178 valence electrons. The van der Waals surface area contributed by atoms with Gasteiger partial charge in [0.2, 0.25) is 10.0 Å². The maximum Gasteiger partial charge on any atom is 0.255 e. The first-order chi connectivity index (χ1) is 16.2. The lowest BCUT2D eigenvalue weighted by atomic mass is 10.2. The fourth-order valence-electron chi connectivity index (χ4n) is 2.95. The van der Waals surface area contributed by atoms with Crippen LogP contribution in [0.5, 0.6) is 5.75 Å². The molecule has 34 heavy (non-hydrogen) atoms. The molecule has 3 rings (SSSR count). The average Bonchev–Trinajstić information content (AvgIpc) is 2.80. The van der Waals surface area contributed by atoms with E-state index >= 15 is 0 Å². The van der Waals surface area contributed by atoms with E-state index < -0.39 is 22.5 Å². The minimum Gasteiger partial charge on any atom is -0.496 e. The Morgan fingerprint density at radius 2 is 1.71 bits per heavy atom. The highest BCUT2D eigenvalue weighted by Crippen LogP contribution is 2.22. The first-order valence-electron chi connectivity index (χ1n) is 9.84. The lowest BCUT2D eigenvalue weighted by Crippen LogP contribution is -2.39. The third-order valence-electron chi connectivity index (χ3n) is 4.63. The predicted octanol–water partition coefficient (Wildman–Crippen LogP) is 5.21. The number of hydrazone groups is 1. The van der Waals surface area contributed by atoms with Gasteiger partial charge in [-0.25, -0.2) is 13.8 Å². The van der Waals surface area contributed by atoms with Gasteiger partial charge in [0.05, 0.1) is 24.8 Å². The van der Waals surface area contributed by atoms with Gasteiger partial charge in [-0.2, -0.15) is 9.41 Å². The molecule has 0 radical (unpaired) electrons. The molecule has 7 nitrogen and oxygen atoms in total. The minimum atomic E-state index is -3.99. The number of ether oxygens (including phenoxy) is 1. The summed E-state index contributed by atoms with van der Waals surface area (Å²) in [4.78, 5) is 12.7. The van der Waals surface area contributed by atoms with Crippen LogP contribution < -0.4 is 10.2 Å². The Morgan fingerprint density at radius 3 is 2.35 bits per heavy atom. The number of benzene rings is 3. The molecule has 0 heterocycles. The zero-order valence-corrected chi connectivity index (χ0v) is 22.7. The standard InChI is InChI=1S/C23H20Br2ClN3O4S/c1-33-22-11-6-19(25)12-17(22)13-27-28-23(30)15-29(14-16-2-4-18(24)5-3-16)34(31,32)21-9-7-20(26)8-10-21/h2-13H,14-15H2,1H3,(H,28,30)/b27-13-. The Labute approximate surface area is 220 Å².